The molecule has 164 valence electrons. The minimum absolute atomic E-state index is 0.174. The second-order valence-corrected chi connectivity index (χ2v) is 9.68. The molecule has 1 amide bonds. The van der Waals surface area contributed by atoms with E-state index in [1.807, 2.05) is 6.07 Å². The number of anilines is 1. The molecule has 0 aromatic heterocycles. The van der Waals surface area contributed by atoms with Gasteiger partial charge in [0.15, 0.2) is 11.5 Å². The van der Waals surface area contributed by atoms with Crippen molar-refractivity contribution in [1.29, 1.82) is 0 Å². The third-order valence-corrected chi connectivity index (χ3v) is 7.56. The van der Waals surface area contributed by atoms with E-state index in [1.165, 1.54) is 4.31 Å². The minimum Gasteiger partial charge on any atom is -0.454 e. The Morgan fingerprint density at radius 3 is 2.38 bits per heavy atom. The molecule has 3 aromatic rings. The summed E-state index contributed by atoms with van der Waals surface area (Å²) in [5.74, 6) is 1.000. The standard InChI is InChI=1S/C24H22N2O5S/c27-24(25-20-8-11-22-23(15-20)31-16-30-22)19-5-3-4-18(14-19)17-6-9-21(10-7-17)32(28,29)26-12-1-2-13-26/h3-11,14-15H,1-2,12-13,16H2,(H,25,27). The summed E-state index contributed by atoms with van der Waals surface area (Å²) in [7, 11) is -3.45. The zero-order valence-corrected chi connectivity index (χ0v) is 18.1. The molecule has 0 atom stereocenters. The number of sulfonamides is 1. The van der Waals surface area contributed by atoms with Gasteiger partial charge in [0.25, 0.3) is 5.91 Å². The van der Waals surface area contributed by atoms with Gasteiger partial charge in [-0.25, -0.2) is 8.42 Å². The molecule has 1 saturated heterocycles. The zero-order valence-electron chi connectivity index (χ0n) is 17.3. The second-order valence-electron chi connectivity index (χ2n) is 7.74. The highest BCUT2D eigenvalue weighted by molar-refractivity contribution is 7.89. The number of ether oxygens (including phenoxy) is 2. The maximum absolute atomic E-state index is 12.8. The monoisotopic (exact) mass is 450 g/mol. The lowest BCUT2D eigenvalue weighted by Crippen LogP contribution is -2.27. The van der Waals surface area contributed by atoms with Crippen molar-refractivity contribution in [2.45, 2.75) is 17.7 Å². The van der Waals surface area contributed by atoms with Gasteiger partial charge < -0.3 is 14.8 Å². The van der Waals surface area contributed by atoms with Gasteiger partial charge in [0.2, 0.25) is 16.8 Å². The summed E-state index contributed by atoms with van der Waals surface area (Å²) in [5.41, 5.74) is 2.77. The van der Waals surface area contributed by atoms with Crippen molar-refractivity contribution in [2.75, 3.05) is 25.2 Å². The molecular weight excluding hydrogens is 428 g/mol. The number of nitrogens with one attached hydrogen (secondary N) is 1. The first kappa shape index (κ1) is 20.5. The Morgan fingerprint density at radius 1 is 0.844 bits per heavy atom. The first-order valence-electron chi connectivity index (χ1n) is 10.4. The Kier molecular flexibility index (Phi) is 5.32. The summed E-state index contributed by atoms with van der Waals surface area (Å²) in [6.07, 6.45) is 1.80. The lowest BCUT2D eigenvalue weighted by atomic mass is 10.0. The number of nitrogens with zero attached hydrogens (tertiary/aromatic N) is 1. The van der Waals surface area contributed by atoms with Gasteiger partial charge in [-0.15, -0.1) is 0 Å². The van der Waals surface area contributed by atoms with Crippen LogP contribution in [-0.4, -0.2) is 38.5 Å². The second kappa shape index (κ2) is 8.29. The van der Waals surface area contributed by atoms with E-state index in [0.29, 0.717) is 40.7 Å². The van der Waals surface area contributed by atoms with Gasteiger partial charge >= 0.3 is 0 Å². The van der Waals surface area contributed by atoms with Gasteiger partial charge in [-0.2, -0.15) is 4.31 Å². The van der Waals surface area contributed by atoms with Crippen LogP contribution in [0.15, 0.2) is 71.6 Å². The molecule has 0 unspecified atom stereocenters. The van der Waals surface area contributed by atoms with E-state index in [9.17, 15) is 13.2 Å². The molecule has 32 heavy (non-hydrogen) atoms. The molecule has 7 nitrogen and oxygen atoms in total. The van der Waals surface area contributed by atoms with Crippen molar-refractivity contribution < 1.29 is 22.7 Å². The van der Waals surface area contributed by atoms with Crippen LogP contribution >= 0.6 is 0 Å². The molecule has 3 aromatic carbocycles. The number of benzene rings is 3. The normalized spacial score (nSPS) is 15.6. The Hall–Kier alpha value is -3.36. The molecular formula is C24H22N2O5S. The molecule has 0 saturated carbocycles. The van der Waals surface area contributed by atoms with E-state index in [0.717, 1.165) is 24.0 Å². The first-order valence-corrected chi connectivity index (χ1v) is 11.9. The molecule has 0 spiro atoms. The van der Waals surface area contributed by atoms with E-state index in [2.05, 4.69) is 5.32 Å². The van der Waals surface area contributed by atoms with Gasteiger partial charge in [0.1, 0.15) is 0 Å². The van der Waals surface area contributed by atoms with E-state index >= 15 is 0 Å². The smallest absolute Gasteiger partial charge is 0.255 e. The molecule has 0 radical (unpaired) electrons. The van der Waals surface area contributed by atoms with Crippen LogP contribution in [0.2, 0.25) is 0 Å². The van der Waals surface area contributed by atoms with Crippen LogP contribution in [0, 0.1) is 0 Å². The van der Waals surface area contributed by atoms with Crippen LogP contribution in [0.1, 0.15) is 23.2 Å². The third-order valence-electron chi connectivity index (χ3n) is 5.65. The Balaban J connectivity index is 1.34. The molecule has 1 fully saturated rings. The third kappa shape index (κ3) is 3.94. The largest absolute Gasteiger partial charge is 0.454 e. The van der Waals surface area contributed by atoms with Crippen LogP contribution in [0.3, 0.4) is 0 Å². The van der Waals surface area contributed by atoms with Crippen molar-refractivity contribution in [3.8, 4) is 22.6 Å². The number of hydrogen-bond donors (Lipinski definition) is 1. The van der Waals surface area contributed by atoms with E-state index < -0.39 is 10.0 Å². The summed E-state index contributed by atoms with van der Waals surface area (Å²) >= 11 is 0. The molecule has 2 aliphatic rings. The van der Waals surface area contributed by atoms with E-state index in [1.54, 1.807) is 60.7 Å². The fourth-order valence-electron chi connectivity index (χ4n) is 3.91. The average molecular weight is 451 g/mol. The average Bonchev–Trinajstić information content (AvgIpc) is 3.51. The van der Waals surface area contributed by atoms with Gasteiger partial charge in [0.05, 0.1) is 4.90 Å². The number of carbonyl (C=O) groups is 1. The minimum atomic E-state index is -3.45. The number of hydrogen-bond acceptors (Lipinski definition) is 5. The van der Waals surface area contributed by atoms with Crippen molar-refractivity contribution in [3.05, 3.63) is 72.3 Å². The van der Waals surface area contributed by atoms with E-state index in [-0.39, 0.29) is 12.7 Å². The SMILES string of the molecule is O=C(Nc1ccc2c(c1)OCO2)c1cccc(-c2ccc(S(=O)(=O)N3CCCC3)cc2)c1. The van der Waals surface area contributed by atoms with Crippen LogP contribution in [-0.2, 0) is 10.0 Å². The Labute approximate surface area is 186 Å². The quantitative estimate of drug-likeness (QED) is 0.632. The Bertz CT molecular complexity index is 1270. The van der Waals surface area contributed by atoms with Crippen molar-refractivity contribution >= 4 is 21.6 Å². The van der Waals surface area contributed by atoms with E-state index in [4.69, 9.17) is 9.47 Å². The van der Waals surface area contributed by atoms with Gasteiger partial charge in [-0.3, -0.25) is 4.79 Å². The maximum Gasteiger partial charge on any atom is 0.255 e. The summed E-state index contributed by atoms with van der Waals surface area (Å²) in [6, 6.07) is 19.3. The first-order chi connectivity index (χ1) is 15.5. The lowest BCUT2D eigenvalue weighted by Gasteiger charge is -2.15. The molecule has 0 bridgehead atoms. The van der Waals surface area contributed by atoms with Crippen LogP contribution in [0.25, 0.3) is 11.1 Å². The molecule has 0 aliphatic carbocycles. The number of fused-ring (bicyclic) bond motifs is 1. The molecule has 1 N–H and O–H groups in total. The Morgan fingerprint density at radius 2 is 1.59 bits per heavy atom. The van der Waals surface area contributed by atoms with Crippen molar-refractivity contribution in [3.63, 3.8) is 0 Å². The summed E-state index contributed by atoms with van der Waals surface area (Å²) in [4.78, 5) is 13.1. The van der Waals surface area contributed by atoms with Gasteiger partial charge in [-0.1, -0.05) is 24.3 Å². The zero-order chi connectivity index (χ0) is 22.1. The van der Waals surface area contributed by atoms with Crippen LogP contribution < -0.4 is 14.8 Å². The highest BCUT2D eigenvalue weighted by atomic mass is 32.2. The predicted molar refractivity (Wildman–Crippen MR) is 120 cm³/mol. The highest BCUT2D eigenvalue weighted by Gasteiger charge is 2.27. The maximum atomic E-state index is 12.8. The molecule has 2 heterocycles. The van der Waals surface area contributed by atoms with Crippen LogP contribution in [0.4, 0.5) is 5.69 Å². The van der Waals surface area contributed by atoms with Gasteiger partial charge in [0, 0.05) is 30.4 Å². The summed E-state index contributed by atoms with van der Waals surface area (Å²) < 4.78 is 37.6. The van der Waals surface area contributed by atoms with Gasteiger partial charge in [-0.05, 0) is 60.4 Å². The topological polar surface area (TPSA) is 84.9 Å². The van der Waals surface area contributed by atoms with Crippen molar-refractivity contribution in [2.24, 2.45) is 0 Å². The predicted octanol–water partition coefficient (Wildman–Crippen LogP) is 4.12. The molecule has 2 aliphatic heterocycles. The number of rotatable bonds is 5. The lowest BCUT2D eigenvalue weighted by molar-refractivity contribution is 0.102. The molecule has 8 heteroatoms. The number of amides is 1. The highest BCUT2D eigenvalue weighted by Crippen LogP contribution is 2.34. The van der Waals surface area contributed by atoms with Crippen molar-refractivity contribution in [1.82, 2.24) is 4.31 Å². The fraction of sp³-hybridized carbons (Fsp3) is 0.208. The fourth-order valence-corrected chi connectivity index (χ4v) is 5.43. The summed E-state index contributed by atoms with van der Waals surface area (Å²) in [6.45, 7) is 1.32. The number of carbonyl (C=O) groups excluding carboxylic acids is 1. The molecule has 5 rings (SSSR count). The summed E-state index contributed by atoms with van der Waals surface area (Å²) in [5, 5.41) is 2.87. The van der Waals surface area contributed by atoms with Crippen LogP contribution in [0.5, 0.6) is 11.5 Å².